The topological polar surface area (TPSA) is 41.5 Å². The summed E-state index contributed by atoms with van der Waals surface area (Å²) in [6, 6.07) is 6.10. The summed E-state index contributed by atoms with van der Waals surface area (Å²) in [6.45, 7) is 12.3. The summed E-state index contributed by atoms with van der Waals surface area (Å²) in [5.74, 6) is 0.856. The van der Waals surface area contributed by atoms with E-state index < -0.39 is 6.10 Å². The van der Waals surface area contributed by atoms with E-state index in [-0.39, 0.29) is 5.41 Å². The Bertz CT molecular complexity index is 396. The van der Waals surface area contributed by atoms with Crippen molar-refractivity contribution >= 4 is 0 Å². The molecule has 0 fully saturated rings. The molecule has 0 radical (unpaired) electrons. The Morgan fingerprint density at radius 1 is 1.26 bits per heavy atom. The molecule has 0 aliphatic heterocycles. The van der Waals surface area contributed by atoms with Crippen molar-refractivity contribution in [2.24, 2.45) is 5.41 Å². The van der Waals surface area contributed by atoms with Gasteiger partial charge in [0.1, 0.15) is 18.5 Å². The van der Waals surface area contributed by atoms with E-state index in [1.54, 1.807) is 0 Å². The van der Waals surface area contributed by atoms with Crippen molar-refractivity contribution in [1.82, 2.24) is 5.32 Å². The van der Waals surface area contributed by atoms with Crippen LogP contribution < -0.4 is 10.1 Å². The number of aliphatic hydroxyl groups is 1. The van der Waals surface area contributed by atoms with E-state index in [0.29, 0.717) is 13.2 Å². The summed E-state index contributed by atoms with van der Waals surface area (Å²) in [6.07, 6.45) is -0.484. The first kappa shape index (κ1) is 16.0. The zero-order valence-electron chi connectivity index (χ0n) is 12.8. The highest BCUT2D eigenvalue weighted by Gasteiger charge is 2.11. The third-order valence-corrected chi connectivity index (χ3v) is 2.81. The lowest BCUT2D eigenvalue weighted by Gasteiger charge is -2.20. The molecule has 2 N–H and O–H groups in total. The second-order valence-electron chi connectivity index (χ2n) is 6.43. The second-order valence-corrected chi connectivity index (χ2v) is 6.43. The number of aryl methyl sites for hydroxylation is 2. The highest BCUT2D eigenvalue weighted by molar-refractivity contribution is 5.35. The molecule has 108 valence electrons. The van der Waals surface area contributed by atoms with Crippen LogP contribution in [0.1, 0.15) is 31.9 Å². The van der Waals surface area contributed by atoms with Gasteiger partial charge in [-0.2, -0.15) is 0 Å². The molecular formula is C16H27NO2. The van der Waals surface area contributed by atoms with E-state index in [9.17, 15) is 5.11 Å². The molecule has 1 aromatic carbocycles. The zero-order valence-corrected chi connectivity index (χ0v) is 12.8. The lowest BCUT2D eigenvalue weighted by Crippen LogP contribution is -2.36. The first-order valence-electron chi connectivity index (χ1n) is 6.87. The van der Waals surface area contributed by atoms with Gasteiger partial charge in [-0.3, -0.25) is 0 Å². The Morgan fingerprint density at radius 3 is 2.58 bits per heavy atom. The Balaban J connectivity index is 2.34. The molecule has 0 saturated carbocycles. The van der Waals surface area contributed by atoms with Crippen LogP contribution in [0.4, 0.5) is 0 Å². The van der Waals surface area contributed by atoms with Gasteiger partial charge < -0.3 is 15.2 Å². The standard InChI is InChI=1S/C16H27NO2/c1-12-6-7-13(2)15(8-12)19-10-14(18)9-17-11-16(3,4)5/h6-8,14,17-18H,9-11H2,1-5H3. The Kier molecular flexibility index (Phi) is 5.83. The smallest absolute Gasteiger partial charge is 0.122 e. The van der Waals surface area contributed by atoms with Gasteiger partial charge in [-0.05, 0) is 36.5 Å². The molecule has 0 heterocycles. The predicted octanol–water partition coefficient (Wildman–Crippen LogP) is 2.68. The summed E-state index contributed by atoms with van der Waals surface area (Å²) in [7, 11) is 0. The molecule has 1 atom stereocenters. The molecule has 3 nitrogen and oxygen atoms in total. The number of nitrogens with one attached hydrogen (secondary N) is 1. The molecule has 1 unspecified atom stereocenters. The zero-order chi connectivity index (χ0) is 14.5. The molecular weight excluding hydrogens is 238 g/mol. The number of rotatable bonds is 6. The van der Waals surface area contributed by atoms with Crippen LogP contribution in [-0.4, -0.2) is 30.9 Å². The second kappa shape index (κ2) is 6.92. The summed E-state index contributed by atoms with van der Waals surface area (Å²) in [5, 5.41) is 13.1. The summed E-state index contributed by atoms with van der Waals surface area (Å²) >= 11 is 0. The summed E-state index contributed by atoms with van der Waals surface area (Å²) in [5.41, 5.74) is 2.50. The van der Waals surface area contributed by atoms with Crippen LogP contribution >= 0.6 is 0 Å². The fourth-order valence-electron chi connectivity index (χ4n) is 1.72. The van der Waals surface area contributed by atoms with Crippen molar-refractivity contribution < 1.29 is 9.84 Å². The van der Waals surface area contributed by atoms with Gasteiger partial charge in [-0.25, -0.2) is 0 Å². The molecule has 0 aromatic heterocycles. The van der Waals surface area contributed by atoms with Gasteiger partial charge >= 0.3 is 0 Å². The number of hydrogen-bond acceptors (Lipinski definition) is 3. The fourth-order valence-corrected chi connectivity index (χ4v) is 1.72. The molecule has 0 spiro atoms. The maximum atomic E-state index is 9.88. The maximum Gasteiger partial charge on any atom is 0.122 e. The Hall–Kier alpha value is -1.06. The minimum absolute atomic E-state index is 0.230. The molecule has 0 aliphatic carbocycles. The largest absolute Gasteiger partial charge is 0.491 e. The van der Waals surface area contributed by atoms with Gasteiger partial charge in [-0.15, -0.1) is 0 Å². The van der Waals surface area contributed by atoms with Gasteiger partial charge in [0.25, 0.3) is 0 Å². The summed E-state index contributed by atoms with van der Waals surface area (Å²) in [4.78, 5) is 0. The monoisotopic (exact) mass is 265 g/mol. The van der Waals surface area contributed by atoms with Crippen molar-refractivity contribution in [2.75, 3.05) is 19.7 Å². The van der Waals surface area contributed by atoms with Crippen LogP contribution in [0.15, 0.2) is 18.2 Å². The Labute approximate surface area is 117 Å². The first-order chi connectivity index (χ1) is 8.78. The van der Waals surface area contributed by atoms with E-state index in [2.05, 4.69) is 32.2 Å². The minimum atomic E-state index is -0.484. The van der Waals surface area contributed by atoms with Gasteiger partial charge in [0.15, 0.2) is 0 Å². The van der Waals surface area contributed by atoms with Crippen LogP contribution in [0.3, 0.4) is 0 Å². The highest BCUT2D eigenvalue weighted by Crippen LogP contribution is 2.19. The fraction of sp³-hybridized carbons (Fsp3) is 0.625. The van der Waals surface area contributed by atoms with Crippen molar-refractivity contribution in [1.29, 1.82) is 0 Å². The maximum absolute atomic E-state index is 9.88. The van der Waals surface area contributed by atoms with E-state index in [1.165, 1.54) is 5.56 Å². The molecule has 0 saturated heterocycles. The van der Waals surface area contributed by atoms with Gasteiger partial charge in [-0.1, -0.05) is 32.9 Å². The summed E-state index contributed by atoms with van der Waals surface area (Å²) < 4.78 is 5.67. The lowest BCUT2D eigenvalue weighted by atomic mass is 9.97. The minimum Gasteiger partial charge on any atom is -0.491 e. The van der Waals surface area contributed by atoms with Gasteiger partial charge in [0, 0.05) is 13.1 Å². The van der Waals surface area contributed by atoms with Crippen LogP contribution in [0.25, 0.3) is 0 Å². The van der Waals surface area contributed by atoms with Gasteiger partial charge in [0.05, 0.1) is 0 Å². The average Bonchev–Trinajstić information content (AvgIpc) is 2.28. The van der Waals surface area contributed by atoms with E-state index in [4.69, 9.17) is 4.74 Å². The number of aliphatic hydroxyl groups excluding tert-OH is 1. The van der Waals surface area contributed by atoms with Crippen LogP contribution in [0, 0.1) is 19.3 Å². The van der Waals surface area contributed by atoms with Crippen LogP contribution in [-0.2, 0) is 0 Å². The predicted molar refractivity (Wildman–Crippen MR) is 79.7 cm³/mol. The molecule has 19 heavy (non-hydrogen) atoms. The number of hydrogen-bond donors (Lipinski definition) is 2. The third-order valence-electron chi connectivity index (χ3n) is 2.81. The van der Waals surface area contributed by atoms with Crippen molar-refractivity contribution in [3.05, 3.63) is 29.3 Å². The molecule has 1 aromatic rings. The first-order valence-corrected chi connectivity index (χ1v) is 6.87. The molecule has 0 amide bonds. The van der Waals surface area contributed by atoms with Crippen molar-refractivity contribution in [3.63, 3.8) is 0 Å². The highest BCUT2D eigenvalue weighted by atomic mass is 16.5. The van der Waals surface area contributed by atoms with Crippen LogP contribution in [0.2, 0.25) is 0 Å². The average molecular weight is 265 g/mol. The lowest BCUT2D eigenvalue weighted by molar-refractivity contribution is 0.104. The quantitative estimate of drug-likeness (QED) is 0.831. The van der Waals surface area contributed by atoms with E-state index in [0.717, 1.165) is 17.9 Å². The normalized spacial score (nSPS) is 13.4. The molecule has 0 aliphatic rings. The van der Waals surface area contributed by atoms with E-state index in [1.807, 2.05) is 26.0 Å². The third kappa shape index (κ3) is 6.60. The Morgan fingerprint density at radius 2 is 1.95 bits per heavy atom. The number of ether oxygens (including phenoxy) is 1. The van der Waals surface area contributed by atoms with E-state index >= 15 is 0 Å². The van der Waals surface area contributed by atoms with Crippen molar-refractivity contribution in [3.8, 4) is 5.75 Å². The van der Waals surface area contributed by atoms with Crippen molar-refractivity contribution in [2.45, 2.75) is 40.7 Å². The number of benzene rings is 1. The molecule has 0 bridgehead atoms. The SMILES string of the molecule is Cc1ccc(C)c(OCC(O)CNCC(C)(C)C)c1. The van der Waals surface area contributed by atoms with Crippen LogP contribution in [0.5, 0.6) is 5.75 Å². The van der Waals surface area contributed by atoms with Gasteiger partial charge in [0.2, 0.25) is 0 Å². The molecule has 1 rings (SSSR count). The molecule has 3 heteroatoms.